The summed E-state index contributed by atoms with van der Waals surface area (Å²) < 4.78 is 0. The fourth-order valence-corrected chi connectivity index (χ4v) is 2.72. The lowest BCUT2D eigenvalue weighted by Crippen LogP contribution is -2.57. The van der Waals surface area contributed by atoms with Crippen LogP contribution in [0.2, 0.25) is 0 Å². The number of primary amides is 1. The molecule has 17 nitrogen and oxygen atoms in total. The van der Waals surface area contributed by atoms with E-state index in [1.165, 1.54) is 0 Å². The number of hydrogen-bond acceptors (Lipinski definition) is 9. The molecule has 0 aliphatic rings. The SMILES string of the molecule is NC(=O)CCC(NC(=O)C(N)CC(=O)O)C(=O)NC(CCC(=O)O)C(=O)NC(CCC(=O)O)C(=O)O. The zero-order valence-electron chi connectivity index (χ0n) is 19.0. The number of carbonyl (C=O) groups is 8. The minimum atomic E-state index is -1.67. The van der Waals surface area contributed by atoms with E-state index in [1.807, 2.05) is 5.32 Å². The fourth-order valence-electron chi connectivity index (χ4n) is 2.72. The molecule has 0 heterocycles. The molecule has 0 spiro atoms. The highest BCUT2D eigenvalue weighted by atomic mass is 16.4. The number of hydrogen-bond donors (Lipinski definition) is 9. The Kier molecular flexibility index (Phi) is 13.7. The van der Waals surface area contributed by atoms with Gasteiger partial charge >= 0.3 is 23.9 Å². The molecule has 4 atom stereocenters. The summed E-state index contributed by atoms with van der Waals surface area (Å²) in [6.45, 7) is 0. The molecule has 36 heavy (non-hydrogen) atoms. The molecule has 4 amide bonds. The number of carboxylic acids is 4. The van der Waals surface area contributed by atoms with Crippen LogP contribution < -0.4 is 27.4 Å². The lowest BCUT2D eigenvalue weighted by atomic mass is 10.1. The van der Waals surface area contributed by atoms with E-state index < -0.39 is 117 Å². The quantitative estimate of drug-likeness (QED) is 0.0843. The largest absolute Gasteiger partial charge is 0.481 e. The number of nitrogens with two attached hydrogens (primary N) is 2. The second-order valence-corrected chi connectivity index (χ2v) is 7.60. The Morgan fingerprint density at radius 3 is 1.36 bits per heavy atom. The van der Waals surface area contributed by atoms with Crippen molar-refractivity contribution < 1.29 is 58.8 Å². The molecular formula is C19H29N5O12. The lowest BCUT2D eigenvalue weighted by molar-refractivity contribution is -0.144. The van der Waals surface area contributed by atoms with Gasteiger partial charge in [0.15, 0.2) is 0 Å². The molecule has 0 aromatic carbocycles. The minimum absolute atomic E-state index is 0.393. The van der Waals surface area contributed by atoms with Crippen LogP contribution >= 0.6 is 0 Å². The Hall–Kier alpha value is -4.28. The fraction of sp³-hybridized carbons (Fsp3) is 0.579. The average molecular weight is 519 g/mol. The van der Waals surface area contributed by atoms with Crippen LogP contribution in [0, 0.1) is 0 Å². The summed E-state index contributed by atoms with van der Waals surface area (Å²) in [4.78, 5) is 92.5. The van der Waals surface area contributed by atoms with Gasteiger partial charge in [-0.15, -0.1) is 0 Å². The molecule has 0 saturated heterocycles. The molecule has 0 bridgehead atoms. The van der Waals surface area contributed by atoms with E-state index >= 15 is 0 Å². The van der Waals surface area contributed by atoms with Crippen LogP contribution in [0.25, 0.3) is 0 Å². The molecule has 0 aliphatic carbocycles. The zero-order valence-corrected chi connectivity index (χ0v) is 19.0. The van der Waals surface area contributed by atoms with Crippen LogP contribution in [0.4, 0.5) is 0 Å². The highest BCUT2D eigenvalue weighted by Gasteiger charge is 2.31. The third-order valence-corrected chi connectivity index (χ3v) is 4.59. The Labute approximate surface area is 203 Å². The van der Waals surface area contributed by atoms with E-state index in [0.717, 1.165) is 0 Å². The van der Waals surface area contributed by atoms with E-state index in [1.54, 1.807) is 0 Å². The number of rotatable bonds is 18. The normalized spacial score (nSPS) is 13.8. The van der Waals surface area contributed by atoms with Gasteiger partial charge in [-0.1, -0.05) is 0 Å². The first-order chi connectivity index (χ1) is 16.6. The Morgan fingerprint density at radius 2 is 0.972 bits per heavy atom. The van der Waals surface area contributed by atoms with Gasteiger partial charge in [-0.2, -0.15) is 0 Å². The van der Waals surface area contributed by atoms with Gasteiger partial charge in [-0.3, -0.25) is 33.6 Å². The first kappa shape index (κ1) is 31.7. The van der Waals surface area contributed by atoms with E-state index in [2.05, 4.69) is 10.6 Å². The predicted octanol–water partition coefficient (Wildman–Crippen LogP) is -3.68. The molecule has 0 aliphatic heterocycles. The van der Waals surface area contributed by atoms with Gasteiger partial charge in [0, 0.05) is 19.3 Å². The first-order valence-electron chi connectivity index (χ1n) is 10.5. The second-order valence-electron chi connectivity index (χ2n) is 7.60. The Bertz CT molecular complexity index is 877. The van der Waals surface area contributed by atoms with E-state index in [0.29, 0.717) is 0 Å². The van der Waals surface area contributed by atoms with E-state index in [9.17, 15) is 43.5 Å². The third-order valence-electron chi connectivity index (χ3n) is 4.59. The molecule has 0 fully saturated rings. The highest BCUT2D eigenvalue weighted by Crippen LogP contribution is 2.06. The predicted molar refractivity (Wildman–Crippen MR) is 116 cm³/mol. The number of amides is 4. The van der Waals surface area contributed by atoms with Gasteiger partial charge in [-0.05, 0) is 19.3 Å². The number of aliphatic carboxylic acids is 4. The molecular weight excluding hydrogens is 490 g/mol. The van der Waals surface area contributed by atoms with Crippen molar-refractivity contribution in [1.82, 2.24) is 16.0 Å². The third kappa shape index (κ3) is 13.4. The zero-order chi connectivity index (χ0) is 28.0. The van der Waals surface area contributed by atoms with Crippen molar-refractivity contribution in [2.45, 2.75) is 69.1 Å². The van der Waals surface area contributed by atoms with Crippen molar-refractivity contribution in [1.29, 1.82) is 0 Å². The van der Waals surface area contributed by atoms with Crippen LogP contribution in [0.1, 0.15) is 44.9 Å². The highest BCUT2D eigenvalue weighted by molar-refractivity contribution is 5.95. The van der Waals surface area contributed by atoms with Crippen LogP contribution in [0.15, 0.2) is 0 Å². The minimum Gasteiger partial charge on any atom is -0.481 e. The first-order valence-corrected chi connectivity index (χ1v) is 10.5. The summed E-state index contributed by atoms with van der Waals surface area (Å²) in [6.07, 6.45) is -3.88. The smallest absolute Gasteiger partial charge is 0.326 e. The summed E-state index contributed by atoms with van der Waals surface area (Å²) in [7, 11) is 0. The maximum atomic E-state index is 12.8. The summed E-state index contributed by atoms with van der Waals surface area (Å²) in [5.74, 6) is -9.86. The molecule has 0 rings (SSSR count). The maximum absolute atomic E-state index is 12.8. The number of nitrogens with one attached hydrogen (secondary N) is 3. The van der Waals surface area contributed by atoms with Crippen LogP contribution in [-0.2, 0) is 38.4 Å². The van der Waals surface area contributed by atoms with Gasteiger partial charge < -0.3 is 47.8 Å². The molecule has 11 N–H and O–H groups in total. The van der Waals surface area contributed by atoms with Gasteiger partial charge in [0.25, 0.3) is 0 Å². The average Bonchev–Trinajstić information content (AvgIpc) is 2.75. The van der Waals surface area contributed by atoms with Crippen molar-refractivity contribution in [2.75, 3.05) is 0 Å². The van der Waals surface area contributed by atoms with Crippen LogP contribution in [0.5, 0.6) is 0 Å². The lowest BCUT2D eigenvalue weighted by Gasteiger charge is -2.24. The maximum Gasteiger partial charge on any atom is 0.326 e. The Morgan fingerprint density at radius 1 is 0.583 bits per heavy atom. The van der Waals surface area contributed by atoms with Crippen molar-refractivity contribution >= 4 is 47.5 Å². The van der Waals surface area contributed by atoms with Gasteiger partial charge in [0.05, 0.1) is 12.5 Å². The molecule has 0 aromatic rings. The molecule has 0 aromatic heterocycles. The van der Waals surface area contributed by atoms with Crippen molar-refractivity contribution in [3.05, 3.63) is 0 Å². The van der Waals surface area contributed by atoms with Gasteiger partial charge in [-0.25, -0.2) is 4.79 Å². The van der Waals surface area contributed by atoms with Gasteiger partial charge in [0.1, 0.15) is 18.1 Å². The summed E-state index contributed by atoms with van der Waals surface area (Å²) in [5.41, 5.74) is 10.5. The monoisotopic (exact) mass is 519 g/mol. The van der Waals surface area contributed by atoms with Gasteiger partial charge in [0.2, 0.25) is 23.6 Å². The van der Waals surface area contributed by atoms with Crippen molar-refractivity contribution in [2.24, 2.45) is 11.5 Å². The Balaban J connectivity index is 5.66. The molecule has 202 valence electrons. The number of carbonyl (C=O) groups excluding carboxylic acids is 4. The van der Waals surface area contributed by atoms with E-state index in [4.69, 9.17) is 26.8 Å². The van der Waals surface area contributed by atoms with Crippen LogP contribution in [-0.4, -0.2) is 92.1 Å². The van der Waals surface area contributed by atoms with Crippen LogP contribution in [0.3, 0.4) is 0 Å². The summed E-state index contributed by atoms with van der Waals surface area (Å²) >= 11 is 0. The summed E-state index contributed by atoms with van der Waals surface area (Å²) in [5, 5.41) is 41.9. The molecule has 0 saturated carbocycles. The summed E-state index contributed by atoms with van der Waals surface area (Å²) in [6, 6.07) is -6.42. The standard InChI is InChI=1S/C19H29N5O12/c20-8(7-15(30)31)16(32)22-9(1-4-12(21)25)17(33)23-10(2-5-13(26)27)18(34)24-11(19(35)36)3-6-14(28)29/h8-11H,1-7,20H2,(H2,21,25)(H,22,32)(H,23,33)(H,24,34)(H,26,27)(H,28,29)(H,30,31)(H,35,36). The molecule has 4 unspecified atom stereocenters. The number of carboxylic acid groups (broad SMARTS) is 4. The van der Waals surface area contributed by atoms with E-state index in [-0.39, 0.29) is 0 Å². The molecule has 0 radical (unpaired) electrons. The van der Waals surface area contributed by atoms with Crippen molar-refractivity contribution in [3.63, 3.8) is 0 Å². The topological polar surface area (TPSA) is 306 Å². The van der Waals surface area contributed by atoms with Crippen molar-refractivity contribution in [3.8, 4) is 0 Å². The second kappa shape index (κ2) is 15.6. The molecule has 17 heteroatoms.